The maximum atomic E-state index is 11.7. The average Bonchev–Trinajstić information content (AvgIpc) is 2.77. The lowest BCUT2D eigenvalue weighted by Crippen LogP contribution is -2.28. The summed E-state index contributed by atoms with van der Waals surface area (Å²) >= 11 is 0. The molecule has 0 aliphatic carbocycles. The van der Waals surface area contributed by atoms with Gasteiger partial charge in [-0.3, -0.25) is 9.40 Å². The van der Waals surface area contributed by atoms with Crippen molar-refractivity contribution in [2.24, 2.45) is 0 Å². The maximum Gasteiger partial charge on any atom is 0.301 e. The van der Waals surface area contributed by atoms with E-state index in [0.29, 0.717) is 12.2 Å². The number of aromatic nitrogens is 2. The van der Waals surface area contributed by atoms with E-state index in [4.69, 9.17) is 4.74 Å². The monoisotopic (exact) mass is 288 g/mol. The molecule has 1 atom stereocenters. The quantitative estimate of drug-likeness (QED) is 0.864. The van der Waals surface area contributed by atoms with E-state index in [1.807, 2.05) is 0 Å². The molecule has 1 N–H and O–H groups in total. The molecule has 8 heteroatoms. The Morgan fingerprint density at radius 3 is 2.95 bits per heavy atom. The van der Waals surface area contributed by atoms with E-state index < -0.39 is 10.2 Å². The van der Waals surface area contributed by atoms with Crippen molar-refractivity contribution in [3.63, 3.8) is 0 Å². The van der Waals surface area contributed by atoms with Crippen LogP contribution in [0.3, 0.4) is 0 Å². The van der Waals surface area contributed by atoms with Crippen LogP contribution in [0.15, 0.2) is 12.4 Å². The van der Waals surface area contributed by atoms with E-state index in [2.05, 4.69) is 9.82 Å². The second-order valence-electron chi connectivity index (χ2n) is 4.83. The number of anilines is 1. The molecule has 108 valence electrons. The molecule has 1 aromatic rings. The van der Waals surface area contributed by atoms with Gasteiger partial charge in [0.1, 0.15) is 0 Å². The van der Waals surface area contributed by atoms with Gasteiger partial charge in [0.15, 0.2) is 0 Å². The second-order valence-corrected chi connectivity index (χ2v) is 6.71. The molecule has 0 spiro atoms. The second kappa shape index (κ2) is 5.89. The number of nitrogens with one attached hydrogen (secondary N) is 1. The highest BCUT2D eigenvalue weighted by atomic mass is 32.2. The zero-order chi connectivity index (χ0) is 13.9. The molecule has 0 amide bonds. The van der Waals surface area contributed by atoms with Crippen LogP contribution in [0.25, 0.3) is 0 Å². The number of rotatable bonds is 5. The Balaban J connectivity index is 1.95. The van der Waals surface area contributed by atoms with Crippen LogP contribution in [0.2, 0.25) is 0 Å². The van der Waals surface area contributed by atoms with Crippen molar-refractivity contribution in [3.8, 4) is 0 Å². The third-order valence-electron chi connectivity index (χ3n) is 3.03. The van der Waals surface area contributed by atoms with Crippen LogP contribution in [0.4, 0.5) is 5.69 Å². The van der Waals surface area contributed by atoms with E-state index >= 15 is 0 Å². The molecular weight excluding hydrogens is 268 g/mol. The first-order valence-corrected chi connectivity index (χ1v) is 7.76. The van der Waals surface area contributed by atoms with Gasteiger partial charge in [0.25, 0.3) is 0 Å². The molecule has 1 aromatic heterocycles. The third-order valence-corrected chi connectivity index (χ3v) is 4.48. The van der Waals surface area contributed by atoms with Crippen molar-refractivity contribution in [1.82, 2.24) is 14.1 Å². The zero-order valence-corrected chi connectivity index (χ0v) is 12.1. The topological polar surface area (TPSA) is 76.5 Å². The molecule has 2 rings (SSSR count). The van der Waals surface area contributed by atoms with Crippen LogP contribution in [-0.4, -0.2) is 49.3 Å². The molecule has 1 aliphatic rings. The van der Waals surface area contributed by atoms with Gasteiger partial charge in [-0.25, -0.2) is 0 Å². The Labute approximate surface area is 113 Å². The van der Waals surface area contributed by atoms with Gasteiger partial charge in [-0.1, -0.05) is 0 Å². The molecule has 0 radical (unpaired) electrons. The minimum Gasteiger partial charge on any atom is -0.376 e. The highest BCUT2D eigenvalue weighted by Crippen LogP contribution is 2.15. The van der Waals surface area contributed by atoms with Crippen molar-refractivity contribution in [3.05, 3.63) is 12.4 Å². The van der Waals surface area contributed by atoms with Gasteiger partial charge in [0.05, 0.1) is 24.5 Å². The molecule has 2 heterocycles. The normalized spacial score (nSPS) is 20.7. The van der Waals surface area contributed by atoms with E-state index in [0.717, 1.165) is 23.8 Å². The summed E-state index contributed by atoms with van der Waals surface area (Å²) in [5.41, 5.74) is 0.463. The van der Waals surface area contributed by atoms with Crippen molar-refractivity contribution < 1.29 is 13.2 Å². The zero-order valence-electron chi connectivity index (χ0n) is 11.2. The molecule has 1 aliphatic heterocycles. The highest BCUT2D eigenvalue weighted by molar-refractivity contribution is 7.90. The first-order valence-electron chi connectivity index (χ1n) is 6.32. The third kappa shape index (κ3) is 3.92. The summed E-state index contributed by atoms with van der Waals surface area (Å²) in [5.74, 6) is 0. The maximum absolute atomic E-state index is 11.7. The summed E-state index contributed by atoms with van der Waals surface area (Å²) in [6.07, 6.45) is 6.67. The summed E-state index contributed by atoms with van der Waals surface area (Å²) in [6, 6.07) is 0. The van der Waals surface area contributed by atoms with E-state index in [1.165, 1.54) is 26.7 Å². The molecule has 0 saturated carbocycles. The lowest BCUT2D eigenvalue weighted by Gasteiger charge is -2.22. The average molecular weight is 288 g/mol. The Morgan fingerprint density at radius 1 is 1.53 bits per heavy atom. The van der Waals surface area contributed by atoms with Gasteiger partial charge in [-0.15, -0.1) is 0 Å². The molecule has 1 unspecified atom stereocenters. The van der Waals surface area contributed by atoms with E-state index in [1.54, 1.807) is 10.9 Å². The fourth-order valence-electron chi connectivity index (χ4n) is 1.92. The fraction of sp³-hybridized carbons (Fsp3) is 0.727. The predicted octanol–water partition coefficient (Wildman–Crippen LogP) is 0.670. The van der Waals surface area contributed by atoms with Gasteiger partial charge in [-0.05, 0) is 19.3 Å². The molecular formula is C11H20N4O3S. The van der Waals surface area contributed by atoms with Crippen LogP contribution in [0.1, 0.15) is 19.3 Å². The summed E-state index contributed by atoms with van der Waals surface area (Å²) in [4.78, 5) is 0. The van der Waals surface area contributed by atoms with Gasteiger partial charge < -0.3 is 4.74 Å². The van der Waals surface area contributed by atoms with Gasteiger partial charge in [0.2, 0.25) is 0 Å². The minimum absolute atomic E-state index is 0.173. The number of hydrogen-bond donors (Lipinski definition) is 1. The summed E-state index contributed by atoms with van der Waals surface area (Å²) in [5, 5.41) is 4.14. The van der Waals surface area contributed by atoms with Crippen molar-refractivity contribution in [2.75, 3.05) is 25.4 Å². The Morgan fingerprint density at radius 2 is 2.32 bits per heavy atom. The molecule has 0 aromatic carbocycles. The Kier molecular flexibility index (Phi) is 4.43. The predicted molar refractivity (Wildman–Crippen MR) is 72.0 cm³/mol. The van der Waals surface area contributed by atoms with Crippen LogP contribution in [0.5, 0.6) is 0 Å². The van der Waals surface area contributed by atoms with Gasteiger partial charge in [-0.2, -0.15) is 17.8 Å². The summed E-state index contributed by atoms with van der Waals surface area (Å²) < 4.78 is 34.2. The van der Waals surface area contributed by atoms with Crippen LogP contribution >= 0.6 is 0 Å². The first kappa shape index (κ1) is 14.3. The minimum atomic E-state index is -3.47. The lowest BCUT2D eigenvalue weighted by atomic mass is 10.1. The molecule has 19 heavy (non-hydrogen) atoms. The number of hydrogen-bond acceptors (Lipinski definition) is 4. The lowest BCUT2D eigenvalue weighted by molar-refractivity contribution is 0.00401. The van der Waals surface area contributed by atoms with Crippen molar-refractivity contribution >= 4 is 15.9 Å². The molecule has 1 saturated heterocycles. The van der Waals surface area contributed by atoms with Crippen LogP contribution in [0, 0.1) is 0 Å². The summed E-state index contributed by atoms with van der Waals surface area (Å²) in [7, 11) is -0.523. The number of nitrogens with zero attached hydrogens (tertiary/aromatic N) is 3. The standard InChI is InChI=1S/C11H20N4O3S/c1-14(2)19(16,17)13-10-7-12-15(8-10)9-11-5-3-4-6-18-11/h7-8,11,13H,3-6,9H2,1-2H3. The van der Waals surface area contributed by atoms with Crippen molar-refractivity contribution in [1.29, 1.82) is 0 Å². The van der Waals surface area contributed by atoms with Crippen LogP contribution in [-0.2, 0) is 21.5 Å². The highest BCUT2D eigenvalue weighted by Gasteiger charge is 2.17. The largest absolute Gasteiger partial charge is 0.376 e. The van der Waals surface area contributed by atoms with Crippen molar-refractivity contribution in [2.45, 2.75) is 31.9 Å². The smallest absolute Gasteiger partial charge is 0.301 e. The van der Waals surface area contributed by atoms with Crippen LogP contribution < -0.4 is 4.72 Å². The molecule has 1 fully saturated rings. The van der Waals surface area contributed by atoms with E-state index in [9.17, 15) is 8.42 Å². The first-order chi connectivity index (χ1) is 8.97. The molecule has 0 bridgehead atoms. The van der Waals surface area contributed by atoms with Gasteiger partial charge in [0, 0.05) is 26.9 Å². The SMILES string of the molecule is CN(C)S(=O)(=O)Nc1cnn(CC2CCCCO2)c1. The fourth-order valence-corrected chi connectivity index (χ4v) is 2.50. The van der Waals surface area contributed by atoms with E-state index in [-0.39, 0.29) is 6.10 Å². The van der Waals surface area contributed by atoms with Gasteiger partial charge >= 0.3 is 10.2 Å². The Hall–Kier alpha value is -1.12. The summed E-state index contributed by atoms with van der Waals surface area (Å²) in [6.45, 7) is 1.45. The number of ether oxygens (including phenoxy) is 1. The Bertz CT molecular complexity index is 506. The molecule has 7 nitrogen and oxygen atoms in total.